The zero-order chi connectivity index (χ0) is 22.0. The number of rotatable bonds is 2. The van der Waals surface area contributed by atoms with Gasteiger partial charge in [0.25, 0.3) is 0 Å². The number of Topliss-reactive ketones (excluding diaryl/α,β-unsaturated/α-hetero) is 1. The average Bonchev–Trinajstić information content (AvgIpc) is 2.87. The third-order valence-electron chi connectivity index (χ3n) is 11.4. The second-order valence-electron chi connectivity index (χ2n) is 13.2. The van der Waals surface area contributed by atoms with Crippen LogP contribution >= 0.6 is 23.2 Å². The van der Waals surface area contributed by atoms with Crippen LogP contribution in [0, 0.1) is 34.0 Å². The van der Waals surface area contributed by atoms with Crippen LogP contribution in [0.1, 0.15) is 85.5 Å². The summed E-state index contributed by atoms with van der Waals surface area (Å²) < 4.78 is 6.37. The second-order valence-corrected chi connectivity index (χ2v) is 19.3. The Balaban J connectivity index is 1.42. The summed E-state index contributed by atoms with van der Waals surface area (Å²) >= 11 is 14.2. The lowest BCUT2D eigenvalue weighted by molar-refractivity contribution is -0.128. The molecule has 5 aliphatic carbocycles. The van der Waals surface area contributed by atoms with Crippen molar-refractivity contribution >= 4 is 37.3 Å². The standard InChI is InChI=1S/C25H40Cl2O2Si/c1-21(2,3)30(5,6)29-20-8-7-18-17-10-13-23-15-16(28)9-14-24(23,25(23,26)27)19(17)11-12-22(18,20)4/h17-20H,7-15H2,1-6H3/t17-,18-,19-,20-,22-,23+,24+/m0/s1. The smallest absolute Gasteiger partial charge is 0.192 e. The summed E-state index contributed by atoms with van der Waals surface area (Å²) in [6.07, 6.45) is 9.83. The van der Waals surface area contributed by atoms with Gasteiger partial charge in [-0.05, 0) is 86.2 Å². The highest BCUT2D eigenvalue weighted by molar-refractivity contribution is 6.74. The van der Waals surface area contributed by atoms with Crippen LogP contribution in [0.25, 0.3) is 0 Å². The Labute approximate surface area is 194 Å². The molecule has 0 heterocycles. The van der Waals surface area contributed by atoms with Crippen molar-refractivity contribution in [2.75, 3.05) is 0 Å². The number of hydrogen-bond acceptors (Lipinski definition) is 2. The maximum atomic E-state index is 12.4. The van der Waals surface area contributed by atoms with Crippen molar-refractivity contribution in [1.29, 1.82) is 0 Å². The molecule has 0 aromatic heterocycles. The Hall–Kier alpha value is 0.427. The summed E-state index contributed by atoms with van der Waals surface area (Å²) in [5.41, 5.74) is 0.163. The van der Waals surface area contributed by atoms with Crippen molar-refractivity contribution in [3.63, 3.8) is 0 Å². The van der Waals surface area contributed by atoms with E-state index in [1.54, 1.807) is 0 Å². The lowest BCUT2D eigenvalue weighted by atomic mass is 9.50. The molecule has 5 rings (SSSR count). The molecule has 5 aliphatic rings. The van der Waals surface area contributed by atoms with E-state index in [1.165, 1.54) is 32.1 Å². The van der Waals surface area contributed by atoms with Gasteiger partial charge in [0.15, 0.2) is 8.32 Å². The van der Waals surface area contributed by atoms with Gasteiger partial charge in [-0.25, -0.2) is 0 Å². The third kappa shape index (κ3) is 2.45. The number of alkyl halides is 2. The first kappa shape index (κ1) is 22.2. The van der Waals surface area contributed by atoms with Gasteiger partial charge < -0.3 is 4.43 Å². The van der Waals surface area contributed by atoms with Crippen LogP contribution in [0.15, 0.2) is 0 Å². The molecule has 30 heavy (non-hydrogen) atoms. The fraction of sp³-hybridized carbons (Fsp3) is 0.960. The van der Waals surface area contributed by atoms with Gasteiger partial charge in [0.05, 0.1) is 6.10 Å². The highest BCUT2D eigenvalue weighted by Crippen LogP contribution is 2.91. The zero-order valence-corrected chi connectivity index (χ0v) is 22.3. The van der Waals surface area contributed by atoms with Crippen molar-refractivity contribution in [3.05, 3.63) is 0 Å². The Morgan fingerprint density at radius 2 is 1.70 bits per heavy atom. The molecule has 5 heteroatoms. The van der Waals surface area contributed by atoms with Crippen molar-refractivity contribution in [2.45, 2.75) is 114 Å². The molecular weight excluding hydrogens is 431 g/mol. The van der Waals surface area contributed by atoms with E-state index in [1.807, 2.05) is 0 Å². The molecule has 0 N–H and O–H groups in total. The lowest BCUT2D eigenvalue weighted by Crippen LogP contribution is -2.53. The number of fused-ring (bicyclic) bond motifs is 3. The molecule has 5 fully saturated rings. The minimum Gasteiger partial charge on any atom is -0.413 e. The average molecular weight is 472 g/mol. The molecule has 0 aromatic rings. The Kier molecular flexibility index (Phi) is 4.67. The molecule has 0 bridgehead atoms. The summed E-state index contributed by atoms with van der Waals surface area (Å²) in [6.45, 7) is 14.4. The first-order chi connectivity index (χ1) is 13.7. The molecule has 5 saturated carbocycles. The van der Waals surface area contributed by atoms with E-state index in [4.69, 9.17) is 27.6 Å². The first-order valence-corrected chi connectivity index (χ1v) is 16.0. The topological polar surface area (TPSA) is 26.3 Å². The first-order valence-electron chi connectivity index (χ1n) is 12.3. The fourth-order valence-electron chi connectivity index (χ4n) is 8.76. The summed E-state index contributed by atoms with van der Waals surface area (Å²) in [4.78, 5) is 12.4. The van der Waals surface area contributed by atoms with E-state index in [0.717, 1.165) is 18.8 Å². The highest BCUT2D eigenvalue weighted by atomic mass is 35.5. The molecule has 2 nitrogen and oxygen atoms in total. The van der Waals surface area contributed by atoms with Crippen LogP contribution < -0.4 is 0 Å². The molecule has 0 spiro atoms. The van der Waals surface area contributed by atoms with Crippen LogP contribution in [-0.4, -0.2) is 24.5 Å². The van der Waals surface area contributed by atoms with Gasteiger partial charge >= 0.3 is 0 Å². The number of carbonyl (C=O) groups excluding carboxylic acids is 1. The number of halogens is 2. The van der Waals surface area contributed by atoms with Gasteiger partial charge in [-0.2, -0.15) is 0 Å². The minimum absolute atomic E-state index is 0.000355. The predicted octanol–water partition coefficient (Wildman–Crippen LogP) is 7.53. The van der Waals surface area contributed by atoms with Crippen molar-refractivity contribution in [2.24, 2.45) is 34.0 Å². The molecule has 0 aromatic carbocycles. The van der Waals surface area contributed by atoms with Crippen LogP contribution in [0.5, 0.6) is 0 Å². The van der Waals surface area contributed by atoms with Crippen molar-refractivity contribution in [1.82, 2.24) is 0 Å². The van der Waals surface area contributed by atoms with E-state index in [-0.39, 0.29) is 21.3 Å². The summed E-state index contributed by atoms with van der Waals surface area (Å²) in [5, 5.41) is 0.252. The van der Waals surface area contributed by atoms with Gasteiger partial charge in [-0.1, -0.05) is 27.7 Å². The quantitative estimate of drug-likeness (QED) is 0.307. The van der Waals surface area contributed by atoms with E-state index < -0.39 is 12.7 Å². The largest absolute Gasteiger partial charge is 0.413 e. The number of ketones is 1. The SMILES string of the molecule is CC(C)(C)[Si](C)(C)O[C@H]1CC[C@H]2[C@@H]3CC[C@@]45CC(=O)CC[C@]4([C@H]3CC[C@]12C)C5(Cl)Cl. The summed E-state index contributed by atoms with van der Waals surface area (Å²) in [7, 11) is -1.78. The monoisotopic (exact) mass is 470 g/mol. The zero-order valence-electron chi connectivity index (χ0n) is 19.7. The van der Waals surface area contributed by atoms with Gasteiger partial charge in [0.2, 0.25) is 0 Å². The number of hydrogen-bond donors (Lipinski definition) is 0. The molecule has 7 atom stereocenters. The predicted molar refractivity (Wildman–Crippen MR) is 127 cm³/mol. The molecule has 0 saturated heterocycles. The van der Waals surface area contributed by atoms with E-state index >= 15 is 0 Å². The molecule has 0 amide bonds. The second kappa shape index (κ2) is 6.30. The highest BCUT2D eigenvalue weighted by Gasteiger charge is 2.90. The molecule has 170 valence electrons. The normalized spacial score (nSPS) is 49.7. The van der Waals surface area contributed by atoms with Gasteiger partial charge in [-0.3, -0.25) is 4.79 Å². The van der Waals surface area contributed by atoms with E-state index in [0.29, 0.717) is 36.6 Å². The molecule has 0 unspecified atom stereocenters. The minimum atomic E-state index is -1.78. The van der Waals surface area contributed by atoms with Gasteiger partial charge in [0.1, 0.15) is 10.1 Å². The van der Waals surface area contributed by atoms with Crippen molar-refractivity contribution < 1.29 is 9.22 Å². The number of carbonyl (C=O) groups is 1. The lowest BCUT2D eigenvalue weighted by Gasteiger charge is -2.55. The van der Waals surface area contributed by atoms with E-state index in [2.05, 4.69) is 40.8 Å². The van der Waals surface area contributed by atoms with Crippen LogP contribution in [-0.2, 0) is 9.22 Å². The third-order valence-corrected chi connectivity index (χ3v) is 17.3. The van der Waals surface area contributed by atoms with Crippen LogP contribution in [0.2, 0.25) is 18.1 Å². The Morgan fingerprint density at radius 1 is 1.00 bits per heavy atom. The van der Waals surface area contributed by atoms with Gasteiger partial charge in [0, 0.05) is 23.7 Å². The summed E-state index contributed by atoms with van der Waals surface area (Å²) in [6, 6.07) is 0. The fourth-order valence-corrected chi connectivity index (χ4v) is 11.6. The Morgan fingerprint density at radius 3 is 2.37 bits per heavy atom. The van der Waals surface area contributed by atoms with Gasteiger partial charge in [-0.15, -0.1) is 23.2 Å². The van der Waals surface area contributed by atoms with E-state index in [9.17, 15) is 4.79 Å². The molecule has 0 radical (unpaired) electrons. The van der Waals surface area contributed by atoms with Crippen LogP contribution in [0.4, 0.5) is 0 Å². The maximum absolute atomic E-state index is 12.4. The Bertz CT molecular complexity index is 774. The molecule has 0 aliphatic heterocycles. The summed E-state index contributed by atoms with van der Waals surface area (Å²) in [5.74, 6) is 2.41. The van der Waals surface area contributed by atoms with Crippen LogP contribution in [0.3, 0.4) is 0 Å². The van der Waals surface area contributed by atoms with Crippen molar-refractivity contribution in [3.8, 4) is 0 Å². The molecular formula is C25H40Cl2O2Si. The maximum Gasteiger partial charge on any atom is 0.192 e.